The number of hydrogen-bond donors (Lipinski definition) is 4. The van der Waals surface area contributed by atoms with E-state index in [0.29, 0.717) is 30.1 Å². The van der Waals surface area contributed by atoms with Crippen molar-refractivity contribution in [3.63, 3.8) is 0 Å². The number of aliphatic imine (C=N–C) groups is 1. The van der Waals surface area contributed by atoms with Gasteiger partial charge in [-0.3, -0.25) is 14.6 Å². The lowest BCUT2D eigenvalue weighted by molar-refractivity contribution is -0.137. The lowest BCUT2D eigenvalue weighted by Gasteiger charge is -2.17. The minimum Gasteiger partial charge on any atom is -0.481 e. The van der Waals surface area contributed by atoms with Crippen LogP contribution in [-0.2, 0) is 11.2 Å². The minimum absolute atomic E-state index is 0.225. The number of benzene rings is 3. The molecule has 1 aliphatic heterocycles. The Morgan fingerprint density at radius 3 is 2.51 bits per heavy atom. The summed E-state index contributed by atoms with van der Waals surface area (Å²) < 4.78 is 27.6. The van der Waals surface area contributed by atoms with E-state index >= 15 is 0 Å². The van der Waals surface area contributed by atoms with Gasteiger partial charge in [0.1, 0.15) is 11.6 Å². The zero-order valence-electron chi connectivity index (χ0n) is 20.1. The first-order valence-electron chi connectivity index (χ1n) is 12.1. The Balaban J connectivity index is 1.40. The van der Waals surface area contributed by atoms with Gasteiger partial charge in [0.05, 0.1) is 6.42 Å². The molecule has 3 aromatic carbocycles. The number of aliphatic carboxylic acids is 1. The lowest BCUT2D eigenvalue weighted by Crippen LogP contribution is -2.35. The van der Waals surface area contributed by atoms with E-state index in [2.05, 4.69) is 20.9 Å². The highest BCUT2D eigenvalue weighted by atomic mass is 19.1. The first-order chi connectivity index (χ1) is 17.9. The summed E-state index contributed by atoms with van der Waals surface area (Å²) >= 11 is 0. The molecule has 0 fully saturated rings. The van der Waals surface area contributed by atoms with Crippen LogP contribution in [0.25, 0.3) is 0 Å². The average molecular weight is 507 g/mol. The maximum Gasteiger partial charge on any atom is 0.304 e. The molecule has 0 saturated carbocycles. The van der Waals surface area contributed by atoms with Gasteiger partial charge in [-0.1, -0.05) is 30.3 Å². The number of carboxylic acids is 1. The topological polar surface area (TPSA) is 103 Å². The summed E-state index contributed by atoms with van der Waals surface area (Å²) in [6, 6.07) is 17.4. The van der Waals surface area contributed by atoms with Crippen molar-refractivity contribution in [2.45, 2.75) is 25.2 Å². The van der Waals surface area contributed by atoms with Gasteiger partial charge in [0.25, 0.3) is 5.91 Å². The first kappa shape index (κ1) is 25.8. The molecule has 0 saturated heterocycles. The van der Waals surface area contributed by atoms with Gasteiger partial charge in [-0.2, -0.15) is 0 Å². The number of carbonyl (C=O) groups is 2. The Morgan fingerprint density at radius 1 is 1.00 bits per heavy atom. The van der Waals surface area contributed by atoms with Crippen LogP contribution in [0.3, 0.4) is 0 Å². The number of halogens is 2. The number of nitrogens with one attached hydrogen (secondary N) is 3. The molecular formula is C28H28F2N4O3. The van der Waals surface area contributed by atoms with E-state index in [1.54, 1.807) is 30.3 Å². The fraction of sp³-hybridized carbons (Fsp3) is 0.250. The Labute approximate surface area is 213 Å². The monoisotopic (exact) mass is 506 g/mol. The predicted octanol–water partition coefficient (Wildman–Crippen LogP) is 4.31. The summed E-state index contributed by atoms with van der Waals surface area (Å²) in [6.45, 7) is 1.96. The summed E-state index contributed by atoms with van der Waals surface area (Å²) in [7, 11) is 0. The molecule has 4 N–H and O–H groups in total. The second-order valence-electron chi connectivity index (χ2n) is 8.82. The van der Waals surface area contributed by atoms with Crippen LogP contribution in [0.2, 0.25) is 0 Å². The summed E-state index contributed by atoms with van der Waals surface area (Å²) in [6.07, 6.45) is 1.17. The summed E-state index contributed by atoms with van der Waals surface area (Å²) in [5, 5.41) is 18.6. The quantitative estimate of drug-likeness (QED) is 0.347. The molecule has 3 aromatic rings. The second kappa shape index (κ2) is 12.1. The highest BCUT2D eigenvalue weighted by molar-refractivity contribution is 5.98. The molecule has 1 heterocycles. The van der Waals surface area contributed by atoms with E-state index in [0.717, 1.165) is 49.0 Å². The average Bonchev–Trinajstić information content (AvgIpc) is 2.87. The molecule has 1 atom stereocenters. The van der Waals surface area contributed by atoms with E-state index in [-0.39, 0.29) is 17.9 Å². The van der Waals surface area contributed by atoms with Crippen LogP contribution in [0, 0.1) is 11.6 Å². The van der Waals surface area contributed by atoms with Crippen molar-refractivity contribution in [1.82, 2.24) is 10.6 Å². The number of amides is 1. The summed E-state index contributed by atoms with van der Waals surface area (Å²) in [4.78, 5) is 28.6. The number of hydrogen-bond acceptors (Lipinski definition) is 5. The molecule has 0 radical (unpaired) electrons. The van der Waals surface area contributed by atoms with Crippen LogP contribution >= 0.6 is 0 Å². The fourth-order valence-corrected chi connectivity index (χ4v) is 4.26. The first-order valence-corrected chi connectivity index (χ1v) is 12.1. The van der Waals surface area contributed by atoms with Gasteiger partial charge in [-0.25, -0.2) is 8.78 Å². The molecule has 37 heavy (non-hydrogen) atoms. The van der Waals surface area contributed by atoms with Gasteiger partial charge in [0.2, 0.25) is 0 Å². The molecular weight excluding hydrogens is 478 g/mol. The predicted molar refractivity (Wildman–Crippen MR) is 138 cm³/mol. The number of nitrogens with zero attached hydrogens (tertiary/aromatic N) is 1. The molecule has 9 heteroatoms. The third kappa shape index (κ3) is 7.36. The van der Waals surface area contributed by atoms with Crippen molar-refractivity contribution in [2.24, 2.45) is 4.99 Å². The number of carboxylic acid groups (broad SMARTS) is 1. The maximum atomic E-state index is 13.8. The SMILES string of the molecule is O=C(O)CC(c1cc(F)cc(F)c1)c1cccc(CCNC(=O)c2cccc(NC3=NCCCN3)c2)c1. The van der Waals surface area contributed by atoms with Crippen LogP contribution < -0.4 is 16.0 Å². The fourth-order valence-electron chi connectivity index (χ4n) is 4.26. The van der Waals surface area contributed by atoms with Crippen LogP contribution in [0.5, 0.6) is 0 Å². The number of carbonyl (C=O) groups excluding carboxylic acids is 1. The van der Waals surface area contributed by atoms with Crippen LogP contribution in [0.15, 0.2) is 71.7 Å². The maximum absolute atomic E-state index is 13.8. The Kier molecular flexibility index (Phi) is 8.45. The molecule has 1 amide bonds. The Bertz CT molecular complexity index is 1290. The highest BCUT2D eigenvalue weighted by Gasteiger charge is 2.20. The van der Waals surface area contributed by atoms with Gasteiger partial charge < -0.3 is 21.1 Å². The minimum atomic E-state index is -1.07. The number of guanidine groups is 1. The van der Waals surface area contributed by atoms with Crippen LogP contribution in [-0.4, -0.2) is 42.6 Å². The normalized spacial score (nSPS) is 13.7. The van der Waals surface area contributed by atoms with Gasteiger partial charge in [-0.05, 0) is 59.9 Å². The molecule has 0 spiro atoms. The molecule has 7 nitrogen and oxygen atoms in total. The van der Waals surface area contributed by atoms with E-state index in [1.807, 2.05) is 18.2 Å². The van der Waals surface area contributed by atoms with E-state index < -0.39 is 23.5 Å². The van der Waals surface area contributed by atoms with Crippen molar-refractivity contribution in [3.8, 4) is 0 Å². The number of anilines is 1. The summed E-state index contributed by atoms with van der Waals surface area (Å²) in [5.74, 6) is -2.84. The molecule has 0 aromatic heterocycles. The number of rotatable bonds is 9. The molecule has 0 bridgehead atoms. The highest BCUT2D eigenvalue weighted by Crippen LogP contribution is 2.30. The third-order valence-corrected chi connectivity index (χ3v) is 6.00. The zero-order valence-corrected chi connectivity index (χ0v) is 20.1. The van der Waals surface area contributed by atoms with Crippen molar-refractivity contribution in [3.05, 3.63) is 101 Å². The largest absolute Gasteiger partial charge is 0.481 e. The Morgan fingerprint density at radius 2 is 1.78 bits per heavy atom. The van der Waals surface area contributed by atoms with Crippen molar-refractivity contribution in [2.75, 3.05) is 25.0 Å². The lowest BCUT2D eigenvalue weighted by atomic mass is 9.87. The van der Waals surface area contributed by atoms with Gasteiger partial charge in [0.15, 0.2) is 5.96 Å². The van der Waals surface area contributed by atoms with Crippen molar-refractivity contribution >= 4 is 23.5 Å². The van der Waals surface area contributed by atoms with Crippen LogP contribution in [0.4, 0.5) is 14.5 Å². The summed E-state index contributed by atoms with van der Waals surface area (Å²) in [5.41, 5.74) is 3.01. The standard InChI is InChI=1S/C28H28F2N4O3/c29-22-13-21(14-23(30)16-22)25(17-26(35)36)19-5-1-4-18(12-19)8-11-31-27(37)20-6-2-7-24(15-20)34-28-32-9-3-10-33-28/h1-2,4-7,12-16,25H,3,8-11,17H2,(H,31,37)(H,35,36)(H2,32,33,34). The van der Waals surface area contributed by atoms with E-state index in [1.165, 1.54) is 0 Å². The Hall–Kier alpha value is -4.27. The van der Waals surface area contributed by atoms with Gasteiger partial charge in [-0.15, -0.1) is 0 Å². The molecule has 192 valence electrons. The second-order valence-corrected chi connectivity index (χ2v) is 8.82. The molecule has 0 aliphatic carbocycles. The van der Waals surface area contributed by atoms with E-state index in [9.17, 15) is 23.5 Å². The third-order valence-electron chi connectivity index (χ3n) is 6.00. The van der Waals surface area contributed by atoms with Crippen LogP contribution in [0.1, 0.15) is 45.8 Å². The molecule has 4 rings (SSSR count). The van der Waals surface area contributed by atoms with E-state index in [4.69, 9.17) is 0 Å². The van der Waals surface area contributed by atoms with Gasteiger partial charge in [0, 0.05) is 42.9 Å². The zero-order chi connectivity index (χ0) is 26.2. The van der Waals surface area contributed by atoms with Crippen molar-refractivity contribution < 1.29 is 23.5 Å². The van der Waals surface area contributed by atoms with Crippen molar-refractivity contribution in [1.29, 1.82) is 0 Å². The molecule has 1 aliphatic rings. The van der Waals surface area contributed by atoms with Gasteiger partial charge >= 0.3 is 5.97 Å². The molecule has 1 unspecified atom stereocenters. The smallest absolute Gasteiger partial charge is 0.304 e.